The van der Waals surface area contributed by atoms with Gasteiger partial charge in [0.25, 0.3) is 0 Å². The van der Waals surface area contributed by atoms with Crippen molar-refractivity contribution in [1.29, 1.82) is 0 Å². The van der Waals surface area contributed by atoms with Gasteiger partial charge in [-0.15, -0.1) is 0 Å². The second-order valence-corrected chi connectivity index (χ2v) is 6.08. The number of H-pyrrole nitrogens is 1. The molecule has 0 fully saturated rings. The number of aromatic amines is 1. The van der Waals surface area contributed by atoms with Gasteiger partial charge < -0.3 is 15.3 Å². The summed E-state index contributed by atoms with van der Waals surface area (Å²) in [6.45, 7) is 4.01. The number of benzene rings is 1. The lowest BCUT2D eigenvalue weighted by Gasteiger charge is -2.15. The lowest BCUT2D eigenvalue weighted by Crippen LogP contribution is -2.34. The van der Waals surface area contributed by atoms with Gasteiger partial charge in [0.15, 0.2) is 0 Å². The first-order chi connectivity index (χ1) is 9.44. The lowest BCUT2D eigenvalue weighted by molar-refractivity contribution is 0.505. The third kappa shape index (κ3) is 2.34. The summed E-state index contributed by atoms with van der Waals surface area (Å²) in [5, 5.41) is 1.23. The van der Waals surface area contributed by atoms with Crippen LogP contribution < -0.4 is 5.73 Å². The molecule has 0 bridgehead atoms. The number of hydrogen-bond donors (Lipinski definition) is 2. The minimum atomic E-state index is -0.256. The van der Waals surface area contributed by atoms with E-state index < -0.39 is 0 Å². The molecule has 20 heavy (non-hydrogen) atoms. The normalized spacial score (nSPS) is 12.2. The van der Waals surface area contributed by atoms with Crippen LogP contribution in [0.2, 0.25) is 0 Å². The first kappa shape index (κ1) is 12.9. The van der Waals surface area contributed by atoms with Gasteiger partial charge in [0, 0.05) is 41.7 Å². The van der Waals surface area contributed by atoms with E-state index in [1.807, 2.05) is 20.0 Å². The summed E-state index contributed by atoms with van der Waals surface area (Å²) in [7, 11) is 2.06. The summed E-state index contributed by atoms with van der Waals surface area (Å²) in [6, 6.07) is 8.38. The molecule has 0 aliphatic heterocycles. The van der Waals surface area contributed by atoms with Gasteiger partial charge in [-0.3, -0.25) is 0 Å². The number of aromatic nitrogens is 3. The van der Waals surface area contributed by atoms with E-state index in [2.05, 4.69) is 52.0 Å². The van der Waals surface area contributed by atoms with Crippen molar-refractivity contribution in [2.75, 3.05) is 0 Å². The molecule has 0 aliphatic carbocycles. The minimum absolute atomic E-state index is 0.256. The van der Waals surface area contributed by atoms with Gasteiger partial charge in [-0.25, -0.2) is 4.98 Å². The van der Waals surface area contributed by atoms with Crippen molar-refractivity contribution in [1.82, 2.24) is 14.5 Å². The van der Waals surface area contributed by atoms with Gasteiger partial charge in [0.2, 0.25) is 0 Å². The van der Waals surface area contributed by atoms with Gasteiger partial charge >= 0.3 is 0 Å². The van der Waals surface area contributed by atoms with E-state index in [4.69, 9.17) is 5.73 Å². The molecule has 0 aliphatic rings. The molecular formula is C16H20N4. The second-order valence-electron chi connectivity index (χ2n) is 6.08. The molecule has 3 N–H and O–H groups in total. The molecule has 0 saturated heterocycles. The molecule has 2 aromatic heterocycles. The highest BCUT2D eigenvalue weighted by atomic mass is 15.0. The molecular weight excluding hydrogens is 248 g/mol. The van der Waals surface area contributed by atoms with Crippen molar-refractivity contribution >= 4 is 10.9 Å². The van der Waals surface area contributed by atoms with Crippen LogP contribution in [0.1, 0.15) is 19.7 Å². The Kier molecular flexibility index (Phi) is 2.91. The molecule has 0 spiro atoms. The smallest absolute Gasteiger partial charge is 0.108 e. The van der Waals surface area contributed by atoms with Gasteiger partial charge in [-0.2, -0.15) is 0 Å². The lowest BCUT2D eigenvalue weighted by atomic mass is 10.0. The average molecular weight is 268 g/mol. The summed E-state index contributed by atoms with van der Waals surface area (Å²) in [5.74, 6) is 0.931. The highest BCUT2D eigenvalue weighted by Crippen LogP contribution is 2.29. The Morgan fingerprint density at radius 3 is 2.80 bits per heavy atom. The van der Waals surface area contributed by atoms with E-state index >= 15 is 0 Å². The quantitative estimate of drug-likeness (QED) is 0.767. The molecule has 3 rings (SSSR count). The number of fused-ring (bicyclic) bond motifs is 1. The molecule has 0 atom stereocenters. The van der Waals surface area contributed by atoms with Crippen LogP contribution in [0.25, 0.3) is 22.2 Å². The topological polar surface area (TPSA) is 59.6 Å². The predicted molar refractivity (Wildman–Crippen MR) is 82.5 cm³/mol. The van der Waals surface area contributed by atoms with Gasteiger partial charge in [0.1, 0.15) is 5.82 Å². The molecule has 4 nitrogen and oxygen atoms in total. The van der Waals surface area contributed by atoms with Crippen LogP contribution in [0.4, 0.5) is 0 Å². The van der Waals surface area contributed by atoms with Crippen LogP contribution in [-0.2, 0) is 13.5 Å². The SMILES string of the molecule is Cn1cc(-c2cnc(CC(C)(C)N)[nH]2)c2ccccc21. The number of aryl methyl sites for hydroxylation is 1. The van der Waals surface area contributed by atoms with E-state index in [0.717, 1.165) is 17.9 Å². The molecule has 0 unspecified atom stereocenters. The van der Waals surface area contributed by atoms with Crippen LogP contribution >= 0.6 is 0 Å². The number of para-hydroxylation sites is 1. The Hall–Kier alpha value is -2.07. The number of nitrogens with two attached hydrogens (primary N) is 1. The molecule has 1 aromatic carbocycles. The third-order valence-electron chi connectivity index (χ3n) is 3.44. The molecule has 3 aromatic rings. The monoisotopic (exact) mass is 268 g/mol. The van der Waals surface area contributed by atoms with E-state index in [1.54, 1.807) is 0 Å². The Labute approximate surface area is 118 Å². The summed E-state index contributed by atoms with van der Waals surface area (Å²) < 4.78 is 2.14. The fraction of sp³-hybridized carbons (Fsp3) is 0.312. The summed E-state index contributed by atoms with van der Waals surface area (Å²) in [5.41, 5.74) is 9.23. The average Bonchev–Trinajstić information content (AvgIpc) is 2.93. The van der Waals surface area contributed by atoms with Gasteiger partial charge in [-0.05, 0) is 19.9 Å². The Morgan fingerprint density at radius 2 is 2.05 bits per heavy atom. The van der Waals surface area contributed by atoms with Crippen molar-refractivity contribution in [3.8, 4) is 11.3 Å². The number of hydrogen-bond acceptors (Lipinski definition) is 2. The maximum Gasteiger partial charge on any atom is 0.108 e. The highest BCUT2D eigenvalue weighted by molar-refractivity contribution is 5.95. The van der Waals surface area contributed by atoms with Crippen LogP contribution in [0.3, 0.4) is 0 Å². The maximum absolute atomic E-state index is 6.05. The second kappa shape index (κ2) is 4.49. The zero-order valence-electron chi connectivity index (χ0n) is 12.1. The van der Waals surface area contributed by atoms with Crippen molar-refractivity contribution < 1.29 is 0 Å². The molecule has 4 heteroatoms. The standard InChI is InChI=1S/C16H20N4/c1-16(2,17)8-15-18-9-13(19-15)12-10-20(3)14-7-5-4-6-11(12)14/h4-7,9-10H,8,17H2,1-3H3,(H,18,19). The van der Waals surface area contributed by atoms with E-state index in [0.29, 0.717) is 0 Å². The van der Waals surface area contributed by atoms with Gasteiger partial charge in [0.05, 0.1) is 11.9 Å². The first-order valence-corrected chi connectivity index (χ1v) is 6.81. The number of nitrogens with one attached hydrogen (secondary N) is 1. The van der Waals surface area contributed by atoms with Crippen LogP contribution in [0.15, 0.2) is 36.7 Å². The molecule has 0 saturated carbocycles. The van der Waals surface area contributed by atoms with E-state index in [9.17, 15) is 0 Å². The molecule has 2 heterocycles. The third-order valence-corrected chi connectivity index (χ3v) is 3.44. The zero-order chi connectivity index (χ0) is 14.3. The largest absolute Gasteiger partial charge is 0.350 e. The Bertz CT molecular complexity index is 743. The maximum atomic E-state index is 6.05. The summed E-state index contributed by atoms with van der Waals surface area (Å²) >= 11 is 0. The molecule has 0 radical (unpaired) electrons. The minimum Gasteiger partial charge on any atom is -0.350 e. The van der Waals surface area contributed by atoms with Crippen molar-refractivity contribution in [3.63, 3.8) is 0 Å². The van der Waals surface area contributed by atoms with Crippen LogP contribution in [0.5, 0.6) is 0 Å². The number of imidazole rings is 1. The zero-order valence-corrected chi connectivity index (χ0v) is 12.1. The number of nitrogens with zero attached hydrogens (tertiary/aromatic N) is 2. The molecule has 104 valence electrons. The molecule has 0 amide bonds. The van der Waals surface area contributed by atoms with Crippen LogP contribution in [0, 0.1) is 0 Å². The fourth-order valence-electron chi connectivity index (χ4n) is 2.58. The number of rotatable bonds is 3. The van der Waals surface area contributed by atoms with Crippen molar-refractivity contribution in [3.05, 3.63) is 42.5 Å². The Balaban J connectivity index is 2.04. The van der Waals surface area contributed by atoms with E-state index in [1.165, 1.54) is 16.5 Å². The highest BCUT2D eigenvalue weighted by Gasteiger charge is 2.16. The predicted octanol–water partition coefficient (Wildman–Crippen LogP) is 2.85. The van der Waals surface area contributed by atoms with Crippen molar-refractivity contribution in [2.45, 2.75) is 25.8 Å². The first-order valence-electron chi connectivity index (χ1n) is 6.81. The summed E-state index contributed by atoms with van der Waals surface area (Å²) in [6.07, 6.45) is 4.76. The van der Waals surface area contributed by atoms with Crippen LogP contribution in [-0.4, -0.2) is 20.1 Å². The van der Waals surface area contributed by atoms with Gasteiger partial charge in [-0.1, -0.05) is 18.2 Å². The van der Waals surface area contributed by atoms with E-state index in [-0.39, 0.29) is 5.54 Å². The fourth-order valence-corrected chi connectivity index (χ4v) is 2.58. The summed E-state index contributed by atoms with van der Waals surface area (Å²) in [4.78, 5) is 7.84. The Morgan fingerprint density at radius 1 is 1.30 bits per heavy atom. The van der Waals surface area contributed by atoms with Crippen molar-refractivity contribution in [2.24, 2.45) is 12.8 Å².